The number of hydrogen-bond acceptors (Lipinski definition) is 4. The van der Waals surface area contributed by atoms with Gasteiger partial charge in [0, 0.05) is 26.0 Å². The summed E-state index contributed by atoms with van der Waals surface area (Å²) in [6, 6.07) is 3.77. The first-order chi connectivity index (χ1) is 10.2. The standard InChI is InChI=1S/C15H21N5O/c1-4-6-17-9-12-8-11(2)14(18-10-12)20-7-5-13(19-20)15(21)16-3/h5,7-8,10,17H,4,6,9H2,1-3H3,(H,16,21). The van der Waals surface area contributed by atoms with Crippen LogP contribution in [-0.4, -0.2) is 34.3 Å². The molecule has 0 aliphatic rings. The van der Waals surface area contributed by atoms with Crippen molar-refractivity contribution in [1.82, 2.24) is 25.4 Å². The molecule has 2 aromatic rings. The van der Waals surface area contributed by atoms with Crippen LogP contribution in [0.15, 0.2) is 24.5 Å². The van der Waals surface area contributed by atoms with Crippen LogP contribution in [0.2, 0.25) is 0 Å². The lowest BCUT2D eigenvalue weighted by molar-refractivity contribution is 0.0957. The van der Waals surface area contributed by atoms with Gasteiger partial charge in [0.25, 0.3) is 5.91 Å². The number of carbonyl (C=O) groups excluding carboxylic acids is 1. The zero-order chi connectivity index (χ0) is 15.2. The molecule has 2 rings (SSSR count). The molecule has 0 atom stereocenters. The predicted octanol–water partition coefficient (Wildman–Crippen LogP) is 1.43. The van der Waals surface area contributed by atoms with Crippen molar-refractivity contribution in [3.63, 3.8) is 0 Å². The molecule has 6 heteroatoms. The van der Waals surface area contributed by atoms with Crippen LogP contribution in [-0.2, 0) is 6.54 Å². The van der Waals surface area contributed by atoms with E-state index < -0.39 is 0 Å². The molecule has 0 saturated carbocycles. The van der Waals surface area contributed by atoms with E-state index >= 15 is 0 Å². The van der Waals surface area contributed by atoms with Gasteiger partial charge in [-0.1, -0.05) is 6.92 Å². The van der Waals surface area contributed by atoms with Crippen LogP contribution in [0.25, 0.3) is 5.82 Å². The molecule has 2 aromatic heterocycles. The molecular weight excluding hydrogens is 266 g/mol. The van der Waals surface area contributed by atoms with Gasteiger partial charge in [-0.25, -0.2) is 9.67 Å². The lowest BCUT2D eigenvalue weighted by Crippen LogP contribution is -2.18. The molecule has 0 saturated heterocycles. The SMILES string of the molecule is CCCNCc1cnc(-n2ccc(C(=O)NC)n2)c(C)c1. The second-order valence-electron chi connectivity index (χ2n) is 4.89. The van der Waals surface area contributed by atoms with Crippen LogP contribution in [0.4, 0.5) is 0 Å². The van der Waals surface area contributed by atoms with Gasteiger partial charge < -0.3 is 10.6 Å². The molecule has 6 nitrogen and oxygen atoms in total. The van der Waals surface area contributed by atoms with Gasteiger partial charge in [-0.3, -0.25) is 4.79 Å². The smallest absolute Gasteiger partial charge is 0.271 e. The number of aryl methyl sites for hydroxylation is 1. The molecule has 0 aliphatic heterocycles. The normalized spacial score (nSPS) is 10.6. The number of hydrogen-bond donors (Lipinski definition) is 2. The van der Waals surface area contributed by atoms with Gasteiger partial charge >= 0.3 is 0 Å². The highest BCUT2D eigenvalue weighted by Gasteiger charge is 2.10. The maximum absolute atomic E-state index is 11.5. The van der Waals surface area contributed by atoms with Crippen molar-refractivity contribution in [2.24, 2.45) is 0 Å². The van der Waals surface area contributed by atoms with Crippen LogP contribution in [0.5, 0.6) is 0 Å². The average Bonchev–Trinajstić information content (AvgIpc) is 2.96. The highest BCUT2D eigenvalue weighted by atomic mass is 16.1. The van der Waals surface area contributed by atoms with Crippen LogP contribution in [0.1, 0.15) is 35.0 Å². The van der Waals surface area contributed by atoms with E-state index in [1.54, 1.807) is 24.0 Å². The molecular formula is C15H21N5O. The Balaban J connectivity index is 2.17. The molecule has 0 spiro atoms. The lowest BCUT2D eigenvalue weighted by Gasteiger charge is -2.08. The fourth-order valence-corrected chi connectivity index (χ4v) is 2.06. The van der Waals surface area contributed by atoms with E-state index in [4.69, 9.17) is 0 Å². The summed E-state index contributed by atoms with van der Waals surface area (Å²) in [6.45, 7) is 5.94. The molecule has 0 radical (unpaired) electrons. The van der Waals surface area contributed by atoms with Crippen LogP contribution < -0.4 is 10.6 Å². The van der Waals surface area contributed by atoms with Gasteiger partial charge in [0.15, 0.2) is 11.5 Å². The van der Waals surface area contributed by atoms with E-state index in [0.717, 1.165) is 36.5 Å². The number of nitrogens with zero attached hydrogens (tertiary/aromatic N) is 3. The summed E-state index contributed by atoms with van der Waals surface area (Å²) in [7, 11) is 1.59. The first-order valence-corrected chi connectivity index (χ1v) is 7.10. The minimum atomic E-state index is -0.202. The molecule has 0 aliphatic carbocycles. The lowest BCUT2D eigenvalue weighted by atomic mass is 10.2. The summed E-state index contributed by atoms with van der Waals surface area (Å²) in [4.78, 5) is 16.0. The Morgan fingerprint density at radius 2 is 2.24 bits per heavy atom. The molecule has 2 heterocycles. The first kappa shape index (κ1) is 15.2. The van der Waals surface area contributed by atoms with Crippen molar-refractivity contribution < 1.29 is 4.79 Å². The summed E-state index contributed by atoms with van der Waals surface area (Å²) < 4.78 is 1.63. The molecule has 1 amide bonds. The number of nitrogens with one attached hydrogen (secondary N) is 2. The number of amides is 1. The minimum absolute atomic E-state index is 0.202. The van der Waals surface area contributed by atoms with E-state index in [1.807, 2.05) is 13.1 Å². The van der Waals surface area contributed by atoms with E-state index in [1.165, 1.54) is 0 Å². The van der Waals surface area contributed by atoms with Gasteiger partial charge in [0.05, 0.1) is 0 Å². The van der Waals surface area contributed by atoms with Crippen molar-refractivity contribution in [2.45, 2.75) is 26.8 Å². The van der Waals surface area contributed by atoms with E-state index in [0.29, 0.717) is 5.69 Å². The van der Waals surface area contributed by atoms with Crippen molar-refractivity contribution in [1.29, 1.82) is 0 Å². The summed E-state index contributed by atoms with van der Waals surface area (Å²) in [5.41, 5.74) is 2.55. The fourth-order valence-electron chi connectivity index (χ4n) is 2.06. The van der Waals surface area contributed by atoms with E-state index in [2.05, 4.69) is 33.7 Å². The van der Waals surface area contributed by atoms with Crippen molar-refractivity contribution >= 4 is 5.91 Å². The van der Waals surface area contributed by atoms with E-state index in [-0.39, 0.29) is 5.91 Å². The molecule has 112 valence electrons. The Bertz CT molecular complexity index is 620. The number of aromatic nitrogens is 3. The van der Waals surface area contributed by atoms with Crippen LogP contribution in [0.3, 0.4) is 0 Å². The summed E-state index contributed by atoms with van der Waals surface area (Å²) in [6.07, 6.45) is 4.70. The maximum Gasteiger partial charge on any atom is 0.271 e. The first-order valence-electron chi connectivity index (χ1n) is 7.10. The second kappa shape index (κ2) is 6.99. The van der Waals surface area contributed by atoms with Gasteiger partial charge in [0.2, 0.25) is 0 Å². The Hall–Kier alpha value is -2.21. The zero-order valence-corrected chi connectivity index (χ0v) is 12.7. The Morgan fingerprint density at radius 3 is 2.90 bits per heavy atom. The summed E-state index contributed by atoms with van der Waals surface area (Å²) in [5, 5.41) is 10.1. The molecule has 2 N–H and O–H groups in total. The third kappa shape index (κ3) is 3.66. The third-order valence-corrected chi connectivity index (χ3v) is 3.13. The van der Waals surface area contributed by atoms with Crippen molar-refractivity contribution in [2.75, 3.05) is 13.6 Å². The zero-order valence-electron chi connectivity index (χ0n) is 12.7. The molecule has 0 bridgehead atoms. The van der Waals surface area contributed by atoms with E-state index in [9.17, 15) is 4.79 Å². The fraction of sp³-hybridized carbons (Fsp3) is 0.400. The Kier molecular flexibility index (Phi) is 5.05. The topological polar surface area (TPSA) is 71.8 Å². The van der Waals surface area contributed by atoms with Crippen molar-refractivity contribution in [3.8, 4) is 5.82 Å². The minimum Gasteiger partial charge on any atom is -0.354 e. The number of carbonyl (C=O) groups is 1. The molecule has 21 heavy (non-hydrogen) atoms. The number of pyridine rings is 1. The largest absolute Gasteiger partial charge is 0.354 e. The van der Waals surface area contributed by atoms with Gasteiger partial charge in [-0.05, 0) is 43.1 Å². The van der Waals surface area contributed by atoms with Crippen LogP contribution >= 0.6 is 0 Å². The Labute approximate surface area is 124 Å². The molecule has 0 fully saturated rings. The van der Waals surface area contributed by atoms with Crippen LogP contribution in [0, 0.1) is 6.92 Å². The summed E-state index contributed by atoms with van der Waals surface area (Å²) in [5.74, 6) is 0.538. The number of rotatable bonds is 6. The quantitative estimate of drug-likeness (QED) is 0.789. The van der Waals surface area contributed by atoms with Gasteiger partial charge in [-0.2, -0.15) is 5.10 Å². The molecule has 0 aromatic carbocycles. The van der Waals surface area contributed by atoms with Gasteiger partial charge in [-0.15, -0.1) is 0 Å². The molecule has 0 unspecified atom stereocenters. The third-order valence-electron chi connectivity index (χ3n) is 3.13. The highest BCUT2D eigenvalue weighted by molar-refractivity contribution is 5.91. The highest BCUT2D eigenvalue weighted by Crippen LogP contribution is 2.12. The average molecular weight is 287 g/mol. The maximum atomic E-state index is 11.5. The monoisotopic (exact) mass is 287 g/mol. The Morgan fingerprint density at radius 1 is 1.43 bits per heavy atom. The summed E-state index contributed by atoms with van der Waals surface area (Å²) >= 11 is 0. The van der Waals surface area contributed by atoms with Gasteiger partial charge in [0.1, 0.15) is 0 Å². The predicted molar refractivity (Wildman–Crippen MR) is 81.5 cm³/mol. The van der Waals surface area contributed by atoms with Crippen molar-refractivity contribution in [3.05, 3.63) is 41.3 Å². The second-order valence-corrected chi connectivity index (χ2v) is 4.89.